The summed E-state index contributed by atoms with van der Waals surface area (Å²) in [4.78, 5) is 4.28. The number of anilines is 2. The number of halogens is 1. The van der Waals surface area contributed by atoms with Crippen LogP contribution in [0, 0.1) is 13.8 Å². The van der Waals surface area contributed by atoms with Crippen molar-refractivity contribution >= 4 is 38.1 Å². The summed E-state index contributed by atoms with van der Waals surface area (Å²) in [6.45, 7) is 4.22. The first kappa shape index (κ1) is 10.6. The lowest BCUT2D eigenvalue weighted by Gasteiger charge is -2.05. The van der Waals surface area contributed by atoms with Gasteiger partial charge in [0.25, 0.3) is 0 Å². The zero-order valence-electron chi connectivity index (χ0n) is 8.54. The van der Waals surface area contributed by atoms with Gasteiger partial charge in [-0.3, -0.25) is 0 Å². The summed E-state index contributed by atoms with van der Waals surface area (Å²) in [5.74, 6) is 0. The Morgan fingerprint density at radius 1 is 1.27 bits per heavy atom. The number of benzene rings is 1. The van der Waals surface area contributed by atoms with E-state index in [1.54, 1.807) is 11.3 Å². The average Bonchev–Trinajstić information content (AvgIpc) is 2.58. The van der Waals surface area contributed by atoms with Crippen LogP contribution in [0.1, 0.15) is 11.1 Å². The highest BCUT2D eigenvalue weighted by molar-refractivity contribution is 9.10. The van der Waals surface area contributed by atoms with Gasteiger partial charge in [-0.25, -0.2) is 4.98 Å². The van der Waals surface area contributed by atoms with E-state index in [0.717, 1.165) is 15.4 Å². The summed E-state index contributed by atoms with van der Waals surface area (Å²) in [6.07, 6.45) is 0. The molecular formula is C11H11BrN2S. The first-order valence-corrected chi connectivity index (χ1v) is 6.28. The fourth-order valence-corrected chi connectivity index (χ4v) is 2.42. The molecule has 0 spiro atoms. The molecule has 0 saturated carbocycles. The largest absolute Gasteiger partial charge is 0.332 e. The number of hydrogen-bond acceptors (Lipinski definition) is 3. The number of rotatable bonds is 2. The lowest BCUT2D eigenvalue weighted by molar-refractivity contribution is 1.31. The van der Waals surface area contributed by atoms with E-state index < -0.39 is 0 Å². The van der Waals surface area contributed by atoms with Crippen molar-refractivity contribution in [2.24, 2.45) is 0 Å². The fourth-order valence-electron chi connectivity index (χ4n) is 1.25. The minimum atomic E-state index is 0.874. The second-order valence-corrected chi connectivity index (χ2v) is 5.07. The smallest absolute Gasteiger partial charge is 0.188 e. The zero-order chi connectivity index (χ0) is 10.8. The maximum absolute atomic E-state index is 4.28. The average molecular weight is 283 g/mol. The van der Waals surface area contributed by atoms with Crippen LogP contribution in [-0.2, 0) is 0 Å². The lowest BCUT2D eigenvalue weighted by atomic mass is 10.1. The molecule has 0 amide bonds. The zero-order valence-corrected chi connectivity index (χ0v) is 10.9. The number of hydrogen-bond donors (Lipinski definition) is 1. The van der Waals surface area contributed by atoms with Crippen molar-refractivity contribution in [2.45, 2.75) is 13.8 Å². The Kier molecular flexibility index (Phi) is 3.07. The van der Waals surface area contributed by atoms with E-state index >= 15 is 0 Å². The van der Waals surface area contributed by atoms with Gasteiger partial charge < -0.3 is 5.32 Å². The van der Waals surface area contributed by atoms with Gasteiger partial charge in [-0.2, -0.15) is 0 Å². The summed E-state index contributed by atoms with van der Waals surface area (Å²) in [5, 5.41) is 6.14. The standard InChI is InChI=1S/C11H11BrN2S/c1-7-3-4-9(5-8(7)2)13-11-14-10(12)6-15-11/h3-6H,1-2H3,(H,13,14). The second-order valence-electron chi connectivity index (χ2n) is 3.40. The second kappa shape index (κ2) is 4.33. The monoisotopic (exact) mass is 282 g/mol. The summed E-state index contributed by atoms with van der Waals surface area (Å²) in [7, 11) is 0. The van der Waals surface area contributed by atoms with Gasteiger partial charge in [-0.05, 0) is 53.0 Å². The maximum atomic E-state index is 4.28. The first-order valence-electron chi connectivity index (χ1n) is 4.60. The molecule has 0 bridgehead atoms. The molecule has 0 unspecified atom stereocenters. The molecule has 2 nitrogen and oxygen atoms in total. The van der Waals surface area contributed by atoms with Gasteiger partial charge in [0, 0.05) is 11.1 Å². The third-order valence-corrected chi connectivity index (χ3v) is 3.70. The Morgan fingerprint density at radius 3 is 2.67 bits per heavy atom. The molecule has 1 N–H and O–H groups in total. The third kappa shape index (κ3) is 2.58. The van der Waals surface area contributed by atoms with E-state index in [1.165, 1.54) is 11.1 Å². The highest BCUT2D eigenvalue weighted by atomic mass is 79.9. The van der Waals surface area contributed by atoms with Gasteiger partial charge in [-0.15, -0.1) is 11.3 Å². The van der Waals surface area contributed by atoms with Crippen LogP contribution in [0.15, 0.2) is 28.2 Å². The third-order valence-electron chi connectivity index (χ3n) is 2.23. The predicted octanol–water partition coefficient (Wildman–Crippen LogP) is 4.27. The molecule has 2 aromatic rings. The van der Waals surface area contributed by atoms with E-state index in [0.29, 0.717) is 0 Å². The molecule has 0 fully saturated rings. The molecule has 15 heavy (non-hydrogen) atoms. The minimum absolute atomic E-state index is 0.874. The van der Waals surface area contributed by atoms with E-state index in [4.69, 9.17) is 0 Å². The van der Waals surface area contributed by atoms with E-state index in [1.807, 2.05) is 5.38 Å². The van der Waals surface area contributed by atoms with Gasteiger partial charge in [-0.1, -0.05) is 6.07 Å². The van der Waals surface area contributed by atoms with Crippen molar-refractivity contribution in [3.05, 3.63) is 39.3 Å². The van der Waals surface area contributed by atoms with Crippen LogP contribution in [0.4, 0.5) is 10.8 Å². The van der Waals surface area contributed by atoms with Crippen LogP contribution in [0.5, 0.6) is 0 Å². The van der Waals surface area contributed by atoms with Crippen molar-refractivity contribution < 1.29 is 0 Å². The van der Waals surface area contributed by atoms with Crippen molar-refractivity contribution in [3.8, 4) is 0 Å². The quantitative estimate of drug-likeness (QED) is 0.890. The molecule has 1 aromatic heterocycles. The Balaban J connectivity index is 2.21. The highest BCUT2D eigenvalue weighted by Crippen LogP contribution is 2.24. The molecular weight excluding hydrogens is 272 g/mol. The molecule has 2 rings (SSSR count). The number of nitrogens with one attached hydrogen (secondary N) is 1. The minimum Gasteiger partial charge on any atom is -0.332 e. The Hall–Kier alpha value is -0.870. The van der Waals surface area contributed by atoms with Crippen LogP contribution < -0.4 is 5.32 Å². The van der Waals surface area contributed by atoms with E-state index in [2.05, 4.69) is 58.3 Å². The summed E-state index contributed by atoms with van der Waals surface area (Å²) >= 11 is 4.92. The Morgan fingerprint density at radius 2 is 2.07 bits per heavy atom. The molecule has 4 heteroatoms. The number of aromatic nitrogens is 1. The van der Waals surface area contributed by atoms with Crippen molar-refractivity contribution in [1.29, 1.82) is 0 Å². The Labute approximate surface area is 101 Å². The molecule has 0 atom stereocenters. The van der Waals surface area contributed by atoms with Crippen molar-refractivity contribution in [2.75, 3.05) is 5.32 Å². The number of thiazole rings is 1. The Bertz CT molecular complexity index is 479. The highest BCUT2D eigenvalue weighted by Gasteiger charge is 2.00. The molecule has 1 heterocycles. The van der Waals surface area contributed by atoms with E-state index in [9.17, 15) is 0 Å². The van der Waals surface area contributed by atoms with Crippen LogP contribution in [0.3, 0.4) is 0 Å². The van der Waals surface area contributed by atoms with Gasteiger partial charge in [0.1, 0.15) is 4.60 Å². The van der Waals surface area contributed by atoms with Crippen LogP contribution in [-0.4, -0.2) is 4.98 Å². The molecule has 0 aliphatic carbocycles. The van der Waals surface area contributed by atoms with Gasteiger partial charge >= 0.3 is 0 Å². The summed E-state index contributed by atoms with van der Waals surface area (Å²) < 4.78 is 0.874. The normalized spacial score (nSPS) is 10.3. The predicted molar refractivity (Wildman–Crippen MR) is 69.0 cm³/mol. The number of nitrogens with zero attached hydrogens (tertiary/aromatic N) is 1. The SMILES string of the molecule is Cc1ccc(Nc2nc(Br)cs2)cc1C. The van der Waals surface area contributed by atoms with Gasteiger partial charge in [0.05, 0.1) is 0 Å². The maximum Gasteiger partial charge on any atom is 0.188 e. The lowest BCUT2D eigenvalue weighted by Crippen LogP contribution is -1.90. The molecule has 0 radical (unpaired) electrons. The van der Waals surface area contributed by atoms with Crippen LogP contribution in [0.25, 0.3) is 0 Å². The molecule has 0 aliphatic rings. The molecule has 0 aliphatic heterocycles. The topological polar surface area (TPSA) is 24.9 Å². The first-order chi connectivity index (χ1) is 7.15. The molecule has 78 valence electrons. The van der Waals surface area contributed by atoms with Gasteiger partial charge in [0.15, 0.2) is 5.13 Å². The van der Waals surface area contributed by atoms with E-state index in [-0.39, 0.29) is 0 Å². The van der Waals surface area contributed by atoms with Crippen molar-refractivity contribution in [1.82, 2.24) is 4.98 Å². The number of aryl methyl sites for hydroxylation is 2. The van der Waals surface area contributed by atoms with Crippen LogP contribution >= 0.6 is 27.3 Å². The molecule has 1 aromatic carbocycles. The van der Waals surface area contributed by atoms with Crippen molar-refractivity contribution in [3.63, 3.8) is 0 Å². The van der Waals surface area contributed by atoms with Crippen LogP contribution in [0.2, 0.25) is 0 Å². The fraction of sp³-hybridized carbons (Fsp3) is 0.182. The summed E-state index contributed by atoms with van der Waals surface area (Å²) in [5.41, 5.74) is 3.68. The summed E-state index contributed by atoms with van der Waals surface area (Å²) in [6, 6.07) is 6.31. The van der Waals surface area contributed by atoms with Gasteiger partial charge in [0.2, 0.25) is 0 Å². The molecule has 0 saturated heterocycles.